The van der Waals surface area contributed by atoms with Crippen molar-refractivity contribution in [2.24, 2.45) is 0 Å². The van der Waals surface area contributed by atoms with Crippen molar-refractivity contribution in [1.29, 1.82) is 0 Å². The number of benzene rings is 8. The van der Waals surface area contributed by atoms with Gasteiger partial charge in [-0.05, 0) is 107 Å². The van der Waals surface area contributed by atoms with Gasteiger partial charge in [0, 0.05) is 0 Å². The van der Waals surface area contributed by atoms with Crippen LogP contribution in [0.4, 0.5) is 0 Å². The molecule has 0 saturated carbocycles. The molecule has 0 bridgehead atoms. The molecule has 0 radical (unpaired) electrons. The molecule has 62 heavy (non-hydrogen) atoms. The molecule has 310 valence electrons. The molecule has 8 rings (SSSR count). The zero-order valence-electron chi connectivity index (χ0n) is 38.5. The highest BCUT2D eigenvalue weighted by Crippen LogP contribution is 2.47. The van der Waals surface area contributed by atoms with Crippen molar-refractivity contribution in [3.8, 4) is 44.5 Å². The van der Waals surface area contributed by atoms with Crippen LogP contribution in [-0.4, -0.2) is 0 Å². The number of aryl methyl sites for hydroxylation is 1. The first-order valence-electron chi connectivity index (χ1n) is 22.3. The van der Waals surface area contributed by atoms with E-state index in [4.69, 9.17) is 0 Å². The number of hydrogen-bond acceptors (Lipinski definition) is 0. The molecule has 0 aliphatic rings. The van der Waals surface area contributed by atoms with Gasteiger partial charge in [-0.2, -0.15) is 0 Å². The topological polar surface area (TPSA) is 0 Å². The van der Waals surface area contributed by atoms with Gasteiger partial charge in [-0.25, -0.2) is 0 Å². The van der Waals surface area contributed by atoms with Crippen LogP contribution in [0.1, 0.15) is 107 Å². The lowest BCUT2D eigenvalue weighted by Gasteiger charge is -2.37. The largest absolute Gasteiger partial charge is 0.0701 e. The molecule has 0 aliphatic heterocycles. The van der Waals surface area contributed by atoms with Crippen molar-refractivity contribution < 1.29 is 0 Å². The molecule has 0 aliphatic carbocycles. The monoisotopic (exact) mass is 806 g/mol. The predicted octanol–water partition coefficient (Wildman–Crippen LogP) is 16.9. The fourth-order valence-electron chi connectivity index (χ4n) is 8.88. The van der Waals surface area contributed by atoms with E-state index in [1.165, 1.54) is 89.0 Å². The SMILES string of the molecule is Cc1ccc(-c2ccc(C(c3ccc(-c4ccc(C(C)(C)C)cc4)cc3)(c3ccc(-c4ccc(C(C)(C)C)cc4)cc3)c3ccc(-c4ccc(C(C)(C)C)cc4)cc3)cc2)cc1. The Morgan fingerprint density at radius 1 is 0.194 bits per heavy atom. The normalized spacial score (nSPS) is 12.4. The van der Waals surface area contributed by atoms with Crippen LogP contribution in [0.25, 0.3) is 44.5 Å². The summed E-state index contributed by atoms with van der Waals surface area (Å²) in [5.74, 6) is 0. The molecule has 0 heterocycles. The van der Waals surface area contributed by atoms with Gasteiger partial charge < -0.3 is 0 Å². The van der Waals surface area contributed by atoms with Gasteiger partial charge >= 0.3 is 0 Å². The van der Waals surface area contributed by atoms with E-state index in [-0.39, 0.29) is 16.2 Å². The molecule has 0 unspecified atom stereocenters. The van der Waals surface area contributed by atoms with Crippen LogP contribution < -0.4 is 0 Å². The van der Waals surface area contributed by atoms with Crippen molar-refractivity contribution in [2.45, 2.75) is 90.9 Å². The molecule has 8 aromatic carbocycles. The summed E-state index contributed by atoms with van der Waals surface area (Å²) in [7, 11) is 0. The van der Waals surface area contributed by atoms with E-state index in [0.717, 1.165) is 0 Å². The number of hydrogen-bond donors (Lipinski definition) is 0. The van der Waals surface area contributed by atoms with E-state index in [9.17, 15) is 0 Å². The van der Waals surface area contributed by atoms with Crippen LogP contribution in [0.5, 0.6) is 0 Å². The third-order valence-corrected chi connectivity index (χ3v) is 12.9. The predicted molar refractivity (Wildman–Crippen MR) is 267 cm³/mol. The van der Waals surface area contributed by atoms with Gasteiger partial charge in [-0.3, -0.25) is 0 Å². The molecule has 8 aromatic rings. The Kier molecular flexibility index (Phi) is 11.3. The van der Waals surface area contributed by atoms with E-state index in [2.05, 4.69) is 263 Å². The smallest absolute Gasteiger partial charge is 0.0587 e. The van der Waals surface area contributed by atoms with Gasteiger partial charge in [0.1, 0.15) is 0 Å². The van der Waals surface area contributed by atoms with Crippen molar-refractivity contribution in [3.63, 3.8) is 0 Å². The second-order valence-corrected chi connectivity index (χ2v) is 20.4. The highest BCUT2D eigenvalue weighted by Gasteiger charge is 2.38. The van der Waals surface area contributed by atoms with Crippen molar-refractivity contribution >= 4 is 0 Å². The Balaban J connectivity index is 1.30. The summed E-state index contributed by atoms with van der Waals surface area (Å²) in [6.45, 7) is 22.6. The average Bonchev–Trinajstić information content (AvgIpc) is 3.27. The molecule has 0 atom stereocenters. The molecule has 0 aromatic heterocycles. The third-order valence-electron chi connectivity index (χ3n) is 12.9. The Bertz CT molecular complexity index is 2480. The Morgan fingerprint density at radius 2 is 0.339 bits per heavy atom. The molecule has 0 N–H and O–H groups in total. The first-order valence-corrected chi connectivity index (χ1v) is 22.3. The lowest BCUT2D eigenvalue weighted by molar-refractivity contribution is 0.590. The Labute approximate surface area is 372 Å². The first-order chi connectivity index (χ1) is 29.5. The van der Waals surface area contributed by atoms with Crippen molar-refractivity contribution in [3.05, 3.63) is 239 Å². The average molecular weight is 807 g/mol. The third kappa shape index (κ3) is 8.62. The summed E-state index contributed by atoms with van der Waals surface area (Å²) >= 11 is 0. The van der Waals surface area contributed by atoms with Gasteiger partial charge in [0.25, 0.3) is 0 Å². The molecular formula is C62H62. The van der Waals surface area contributed by atoms with Crippen LogP contribution in [0.15, 0.2) is 194 Å². The van der Waals surface area contributed by atoms with Gasteiger partial charge in [-0.15, -0.1) is 0 Å². The van der Waals surface area contributed by atoms with Crippen LogP contribution in [0.2, 0.25) is 0 Å². The van der Waals surface area contributed by atoms with E-state index in [1.54, 1.807) is 0 Å². The molecule has 0 amide bonds. The van der Waals surface area contributed by atoms with E-state index < -0.39 is 5.41 Å². The van der Waals surface area contributed by atoms with Crippen molar-refractivity contribution in [1.82, 2.24) is 0 Å². The molecular weight excluding hydrogens is 745 g/mol. The van der Waals surface area contributed by atoms with Crippen LogP contribution >= 0.6 is 0 Å². The second-order valence-electron chi connectivity index (χ2n) is 20.4. The summed E-state index contributed by atoms with van der Waals surface area (Å²) in [4.78, 5) is 0. The maximum absolute atomic E-state index is 2.36. The molecule has 0 spiro atoms. The molecule has 0 fully saturated rings. The zero-order valence-corrected chi connectivity index (χ0v) is 38.5. The number of rotatable bonds is 8. The summed E-state index contributed by atoms with van der Waals surface area (Å²) in [6, 6.07) is 73.5. The van der Waals surface area contributed by atoms with Gasteiger partial charge in [0.2, 0.25) is 0 Å². The Morgan fingerprint density at radius 3 is 0.500 bits per heavy atom. The highest BCUT2D eigenvalue weighted by atomic mass is 14.4. The zero-order chi connectivity index (χ0) is 43.9. The minimum absolute atomic E-state index is 0.105. The summed E-state index contributed by atoms with van der Waals surface area (Å²) < 4.78 is 0. The summed E-state index contributed by atoms with van der Waals surface area (Å²) in [6.07, 6.45) is 0. The van der Waals surface area contributed by atoms with Crippen LogP contribution in [0, 0.1) is 6.92 Å². The Hall–Kier alpha value is -6.24. The standard InChI is InChI=1S/C62H62/c1-43-11-13-44(14-12-43)48-21-35-55(36-22-48)62(56-37-23-49(24-38-56)45-15-29-52(30-16-45)59(2,3)4,57-39-25-50(26-40-57)46-17-31-53(32-18-46)60(5,6)7)58-41-27-51(28-42-58)47-19-33-54(34-20-47)61(8,9)10/h11-42H,1-10H3. The lowest BCUT2D eigenvalue weighted by atomic mass is 9.64. The van der Waals surface area contributed by atoms with E-state index in [0.29, 0.717) is 0 Å². The van der Waals surface area contributed by atoms with Gasteiger partial charge in [0.15, 0.2) is 0 Å². The minimum atomic E-state index is -0.621. The lowest BCUT2D eigenvalue weighted by Crippen LogP contribution is -2.31. The second kappa shape index (κ2) is 16.6. The fourth-order valence-corrected chi connectivity index (χ4v) is 8.88. The summed E-state index contributed by atoms with van der Waals surface area (Å²) in [5.41, 5.74) is 19.6. The van der Waals surface area contributed by atoms with Gasteiger partial charge in [-0.1, -0.05) is 262 Å². The molecule has 0 heteroatoms. The van der Waals surface area contributed by atoms with Crippen LogP contribution in [0.3, 0.4) is 0 Å². The van der Waals surface area contributed by atoms with Crippen LogP contribution in [-0.2, 0) is 21.7 Å². The fraction of sp³-hybridized carbons (Fsp3) is 0.226. The van der Waals surface area contributed by atoms with E-state index >= 15 is 0 Å². The first kappa shape index (κ1) is 42.5. The maximum Gasteiger partial charge on any atom is 0.0701 e. The summed E-state index contributed by atoms with van der Waals surface area (Å²) in [5, 5.41) is 0. The minimum Gasteiger partial charge on any atom is -0.0587 e. The quantitative estimate of drug-likeness (QED) is 0.134. The molecule has 0 nitrogen and oxygen atoms in total. The highest BCUT2D eigenvalue weighted by molar-refractivity contribution is 5.72. The molecule has 0 saturated heterocycles. The van der Waals surface area contributed by atoms with Gasteiger partial charge in [0.05, 0.1) is 5.41 Å². The maximum atomic E-state index is 2.36. The van der Waals surface area contributed by atoms with E-state index in [1.807, 2.05) is 0 Å². The van der Waals surface area contributed by atoms with Crippen molar-refractivity contribution in [2.75, 3.05) is 0 Å².